The van der Waals surface area contributed by atoms with Crippen molar-refractivity contribution in [3.8, 4) is 0 Å². The number of hydrogen-bond donors (Lipinski definition) is 1. The quantitative estimate of drug-likeness (QED) is 0.0282. The number of benzene rings is 1. The van der Waals surface area contributed by atoms with Gasteiger partial charge in [0.1, 0.15) is 30.0 Å². The molecule has 0 aliphatic carbocycles. The molecule has 1 aliphatic rings. The summed E-state index contributed by atoms with van der Waals surface area (Å²) < 4.78 is 53.2. The van der Waals surface area contributed by atoms with Crippen molar-refractivity contribution in [2.75, 3.05) is 13.2 Å². The molecule has 1 N–H and O–H groups in total. The average Bonchev–Trinajstić information content (AvgIpc) is 3.39. The summed E-state index contributed by atoms with van der Waals surface area (Å²) in [5.41, 5.74) is -1.67. The smallest absolute Gasteiger partial charge is 0.454 e. The van der Waals surface area contributed by atoms with Crippen LogP contribution in [0, 0.1) is 0 Å². The van der Waals surface area contributed by atoms with E-state index in [1.54, 1.807) is 78.0 Å². The van der Waals surface area contributed by atoms with Crippen molar-refractivity contribution in [3.63, 3.8) is 0 Å². The molecule has 1 aromatic carbocycles. The molecule has 2 rings (SSSR count). The van der Waals surface area contributed by atoms with E-state index in [1.165, 1.54) is 110 Å². The fraction of sp³-hybridized carbons (Fsp3) is 0.774. The van der Waals surface area contributed by atoms with Gasteiger partial charge in [-0.3, -0.25) is 14.4 Å². The van der Waals surface area contributed by atoms with Gasteiger partial charge in [0.15, 0.2) is 18.3 Å². The lowest BCUT2D eigenvalue weighted by molar-refractivity contribution is -0.359. The zero-order valence-corrected chi connectivity index (χ0v) is 49.9. The van der Waals surface area contributed by atoms with E-state index in [0.29, 0.717) is 18.4 Å². The third-order valence-corrected chi connectivity index (χ3v) is 13.2. The third-order valence-electron chi connectivity index (χ3n) is 13.2. The fourth-order valence-electron chi connectivity index (χ4n) is 9.23. The van der Waals surface area contributed by atoms with Crippen LogP contribution in [0.3, 0.4) is 0 Å². The highest BCUT2D eigenvalue weighted by atomic mass is 16.8. The first kappa shape index (κ1) is 69.4. The van der Waals surface area contributed by atoms with Gasteiger partial charge < -0.3 is 47.9 Å². The van der Waals surface area contributed by atoms with Crippen LogP contribution in [0.2, 0.25) is 0 Å². The van der Waals surface area contributed by atoms with Crippen LogP contribution in [0.1, 0.15) is 253 Å². The lowest BCUT2D eigenvalue weighted by atomic mass is 9.92. The first-order chi connectivity index (χ1) is 37.1. The minimum Gasteiger partial charge on any atom is -0.454 e. The standard InChI is InChI=1S/C62H103NO15/c1-12-14-16-18-20-22-24-26-28-30-32-34-39-43-51(74-57(67)49-41-37-36-38-42-49)50(63-53(66)44-40-35-33-31-29-27-25-23-21-19-17-15-13-2)45-71-62(11)56(73-48(4)65)55(72-47(3)64)54(75-59(69)78-61(8,9)10)52(76-62)46-70-58(68)77-60(5,6)7/h36-39,41-43,50-52,54-56H,12-35,40,44-46H2,1-11H3,(H,63,66)/t50-,51+,52+,54-,55-,56+,62-/m0/s1. The highest BCUT2D eigenvalue weighted by Gasteiger charge is 2.59. The summed E-state index contributed by atoms with van der Waals surface area (Å²) in [5.74, 6) is -4.71. The molecule has 1 heterocycles. The number of carbonyl (C=O) groups excluding carboxylic acids is 6. The predicted molar refractivity (Wildman–Crippen MR) is 302 cm³/mol. The van der Waals surface area contributed by atoms with Gasteiger partial charge in [-0.05, 0) is 85.9 Å². The molecule has 1 saturated heterocycles. The number of esters is 3. The maximum atomic E-state index is 14.1. The molecule has 1 aliphatic heterocycles. The van der Waals surface area contributed by atoms with Gasteiger partial charge in [0, 0.05) is 20.3 Å². The van der Waals surface area contributed by atoms with E-state index >= 15 is 0 Å². The van der Waals surface area contributed by atoms with E-state index in [4.69, 9.17) is 42.6 Å². The number of ether oxygens (including phenoxy) is 9. The summed E-state index contributed by atoms with van der Waals surface area (Å²) in [4.78, 5) is 80.2. The SMILES string of the molecule is CCCCCCCCCCCCCC=C[C@@H](OC(=O)c1ccccc1)[C@H](CO[C@@]1(C)O[C@H](COC(=O)OC(C)(C)C)[C@H](OC(=O)OC(C)(C)C)[C@H](OC(C)=O)[C@H]1OC(C)=O)NC(=O)CCCCCCCCCCCCCCC. The van der Waals surface area contributed by atoms with Gasteiger partial charge in [-0.25, -0.2) is 14.4 Å². The van der Waals surface area contributed by atoms with E-state index in [-0.39, 0.29) is 12.3 Å². The Morgan fingerprint density at radius 3 is 1.58 bits per heavy atom. The second kappa shape index (κ2) is 38.8. The van der Waals surface area contributed by atoms with E-state index in [9.17, 15) is 28.8 Å². The number of unbranched alkanes of at least 4 members (excludes halogenated alkanes) is 23. The van der Waals surface area contributed by atoms with Crippen molar-refractivity contribution in [1.82, 2.24) is 5.32 Å². The molecule has 16 heteroatoms. The molecule has 0 bridgehead atoms. The van der Waals surface area contributed by atoms with Crippen LogP contribution in [0.5, 0.6) is 0 Å². The molecular formula is C62H103NO15. The lowest BCUT2D eigenvalue weighted by Crippen LogP contribution is -2.68. The maximum Gasteiger partial charge on any atom is 0.509 e. The van der Waals surface area contributed by atoms with Crippen LogP contribution in [-0.4, -0.2) is 103 Å². The molecule has 0 unspecified atom stereocenters. The number of carbonyl (C=O) groups is 6. The predicted octanol–water partition coefficient (Wildman–Crippen LogP) is 14.7. The monoisotopic (exact) mass is 1100 g/mol. The molecule has 0 saturated carbocycles. The first-order valence-electron chi connectivity index (χ1n) is 29.7. The Morgan fingerprint density at radius 1 is 0.615 bits per heavy atom. The Labute approximate surface area is 469 Å². The van der Waals surface area contributed by atoms with Crippen LogP contribution >= 0.6 is 0 Å². The van der Waals surface area contributed by atoms with Crippen LogP contribution in [0.15, 0.2) is 42.5 Å². The third kappa shape index (κ3) is 31.8. The van der Waals surface area contributed by atoms with Crippen LogP contribution in [0.4, 0.5) is 9.59 Å². The summed E-state index contributed by atoms with van der Waals surface area (Å²) in [7, 11) is 0. The van der Waals surface area contributed by atoms with Gasteiger partial charge in [-0.1, -0.05) is 179 Å². The van der Waals surface area contributed by atoms with Gasteiger partial charge >= 0.3 is 30.2 Å². The van der Waals surface area contributed by atoms with Crippen molar-refractivity contribution in [1.29, 1.82) is 0 Å². The topological polar surface area (TPSA) is 198 Å². The van der Waals surface area contributed by atoms with E-state index in [1.807, 2.05) is 6.08 Å². The fourth-order valence-corrected chi connectivity index (χ4v) is 9.23. The maximum absolute atomic E-state index is 14.1. The number of hydrogen-bond acceptors (Lipinski definition) is 15. The van der Waals surface area contributed by atoms with Crippen molar-refractivity contribution in [2.24, 2.45) is 0 Å². The van der Waals surface area contributed by atoms with Gasteiger partial charge in [0.05, 0.1) is 18.2 Å². The van der Waals surface area contributed by atoms with Gasteiger partial charge in [-0.15, -0.1) is 0 Å². The highest BCUT2D eigenvalue weighted by molar-refractivity contribution is 5.89. The van der Waals surface area contributed by atoms with Crippen LogP contribution in [-0.2, 0) is 57.0 Å². The normalized spacial score (nSPS) is 19.3. The molecular weight excluding hydrogens is 999 g/mol. The Kier molecular flexibility index (Phi) is 34.5. The van der Waals surface area contributed by atoms with E-state index < -0.39 is 97.0 Å². The summed E-state index contributed by atoms with van der Waals surface area (Å²) in [6.45, 7) is 16.9. The Morgan fingerprint density at radius 2 is 1.09 bits per heavy atom. The molecule has 0 radical (unpaired) electrons. The van der Waals surface area contributed by atoms with Crippen molar-refractivity contribution in [2.45, 2.75) is 297 Å². The number of allylic oxidation sites excluding steroid dienone is 1. The molecule has 7 atom stereocenters. The first-order valence-corrected chi connectivity index (χ1v) is 29.7. The average molecular weight is 1100 g/mol. The summed E-state index contributed by atoms with van der Waals surface area (Å²) in [5, 5.41) is 3.09. The molecule has 1 amide bonds. The van der Waals surface area contributed by atoms with Crippen molar-refractivity contribution >= 4 is 36.1 Å². The largest absolute Gasteiger partial charge is 0.509 e. The van der Waals surface area contributed by atoms with Crippen molar-refractivity contribution in [3.05, 3.63) is 48.0 Å². The van der Waals surface area contributed by atoms with Gasteiger partial charge in [0.25, 0.3) is 0 Å². The Balaban J connectivity index is 2.52. The van der Waals surface area contributed by atoms with Crippen LogP contribution in [0.25, 0.3) is 0 Å². The molecule has 78 heavy (non-hydrogen) atoms. The van der Waals surface area contributed by atoms with E-state index in [0.717, 1.165) is 58.8 Å². The summed E-state index contributed by atoms with van der Waals surface area (Å²) in [6.07, 6.45) is 23.0. The molecule has 1 fully saturated rings. The number of amides is 1. The number of nitrogens with one attached hydrogen (secondary N) is 1. The second-order valence-corrected chi connectivity index (χ2v) is 23.1. The molecule has 16 nitrogen and oxygen atoms in total. The van der Waals surface area contributed by atoms with Crippen LogP contribution < -0.4 is 5.32 Å². The molecule has 446 valence electrons. The second-order valence-electron chi connectivity index (χ2n) is 23.1. The molecule has 0 spiro atoms. The summed E-state index contributed by atoms with van der Waals surface area (Å²) >= 11 is 0. The van der Waals surface area contributed by atoms with Crippen molar-refractivity contribution < 1.29 is 71.4 Å². The Hall–Kier alpha value is -4.70. The lowest BCUT2D eigenvalue weighted by Gasteiger charge is -2.49. The zero-order valence-electron chi connectivity index (χ0n) is 49.9. The van der Waals surface area contributed by atoms with E-state index in [2.05, 4.69) is 19.2 Å². The number of rotatable bonds is 39. The molecule has 1 aromatic rings. The Bertz CT molecular complexity index is 1880. The molecule has 0 aromatic heterocycles. The van der Waals surface area contributed by atoms with Gasteiger partial charge in [-0.2, -0.15) is 0 Å². The minimum absolute atomic E-state index is 0.197. The highest BCUT2D eigenvalue weighted by Crippen LogP contribution is 2.38. The summed E-state index contributed by atoms with van der Waals surface area (Å²) in [6, 6.07) is 7.46. The minimum atomic E-state index is -2.09. The zero-order chi connectivity index (χ0) is 57.8. The van der Waals surface area contributed by atoms with Gasteiger partial charge in [0.2, 0.25) is 11.7 Å².